The van der Waals surface area contributed by atoms with Gasteiger partial charge in [0, 0.05) is 17.9 Å². The Hall–Kier alpha value is -2.89. The Kier molecular flexibility index (Phi) is 7.66. The van der Waals surface area contributed by atoms with E-state index in [0.29, 0.717) is 28.1 Å². The zero-order valence-electron chi connectivity index (χ0n) is 17.6. The van der Waals surface area contributed by atoms with Crippen LogP contribution >= 0.6 is 23.2 Å². The average molecular weight is 459 g/mol. The molecule has 0 unspecified atom stereocenters. The lowest BCUT2D eigenvalue weighted by atomic mass is 10.1. The maximum absolute atomic E-state index is 12.3. The van der Waals surface area contributed by atoms with Crippen LogP contribution in [0.5, 0.6) is 11.5 Å². The van der Waals surface area contributed by atoms with Crippen LogP contribution < -0.4 is 20.1 Å². The van der Waals surface area contributed by atoms with Gasteiger partial charge < -0.3 is 20.1 Å². The Morgan fingerprint density at radius 2 is 1.74 bits per heavy atom. The number of carbonyl (C=O) groups is 1. The second kappa shape index (κ2) is 10.4. The summed E-state index contributed by atoms with van der Waals surface area (Å²) in [7, 11) is 1.56. The summed E-state index contributed by atoms with van der Waals surface area (Å²) in [6.07, 6.45) is 0. The number of ether oxygens (including phenoxy) is 2. The number of rotatable bonds is 8. The SMILES string of the molecule is COc1cc(CNc2ccc(Cl)c(Cl)c2)ccc1OCC(=O)Nc1cc(C)ccc1C. The number of amides is 1. The first-order valence-corrected chi connectivity index (χ1v) is 10.5. The van der Waals surface area contributed by atoms with Crippen molar-refractivity contribution in [1.82, 2.24) is 0 Å². The Labute approximate surface area is 192 Å². The Balaban J connectivity index is 1.59. The lowest BCUT2D eigenvalue weighted by Crippen LogP contribution is -2.21. The van der Waals surface area contributed by atoms with E-state index in [1.165, 1.54) is 0 Å². The van der Waals surface area contributed by atoms with Gasteiger partial charge in [-0.25, -0.2) is 0 Å². The Morgan fingerprint density at radius 1 is 0.935 bits per heavy atom. The molecule has 7 heteroatoms. The molecular formula is C24H24Cl2N2O3. The lowest BCUT2D eigenvalue weighted by Gasteiger charge is -2.14. The molecule has 0 fully saturated rings. The Bertz CT molecular complexity index is 1090. The topological polar surface area (TPSA) is 59.6 Å². The van der Waals surface area contributed by atoms with Crippen molar-refractivity contribution in [2.45, 2.75) is 20.4 Å². The molecule has 0 aliphatic carbocycles. The molecule has 0 aliphatic heterocycles. The molecule has 0 saturated heterocycles. The summed E-state index contributed by atoms with van der Waals surface area (Å²) < 4.78 is 11.1. The van der Waals surface area contributed by atoms with E-state index >= 15 is 0 Å². The zero-order valence-corrected chi connectivity index (χ0v) is 19.1. The van der Waals surface area contributed by atoms with Gasteiger partial charge in [0.1, 0.15) is 0 Å². The monoisotopic (exact) mass is 458 g/mol. The van der Waals surface area contributed by atoms with Crippen molar-refractivity contribution in [1.29, 1.82) is 0 Å². The highest BCUT2D eigenvalue weighted by Gasteiger charge is 2.10. The molecule has 0 aromatic heterocycles. The quantitative estimate of drug-likeness (QED) is 0.418. The summed E-state index contributed by atoms with van der Waals surface area (Å²) >= 11 is 12.0. The number of nitrogens with one attached hydrogen (secondary N) is 2. The predicted octanol–water partition coefficient (Wildman–Crippen LogP) is 6.25. The number of hydrogen-bond acceptors (Lipinski definition) is 4. The minimum atomic E-state index is -0.235. The molecule has 0 radical (unpaired) electrons. The van der Waals surface area contributed by atoms with Crippen LogP contribution in [0.3, 0.4) is 0 Å². The first-order chi connectivity index (χ1) is 14.9. The highest BCUT2D eigenvalue weighted by Crippen LogP contribution is 2.29. The van der Waals surface area contributed by atoms with Gasteiger partial charge in [-0.1, -0.05) is 41.4 Å². The fraction of sp³-hybridized carbons (Fsp3) is 0.208. The zero-order chi connectivity index (χ0) is 22.4. The van der Waals surface area contributed by atoms with Gasteiger partial charge in [0.15, 0.2) is 18.1 Å². The normalized spacial score (nSPS) is 10.5. The third-order valence-corrected chi connectivity index (χ3v) is 5.41. The van der Waals surface area contributed by atoms with Crippen molar-refractivity contribution >= 4 is 40.5 Å². The number of benzene rings is 3. The van der Waals surface area contributed by atoms with Gasteiger partial charge in [0.25, 0.3) is 5.91 Å². The number of aryl methyl sites for hydroxylation is 2. The van der Waals surface area contributed by atoms with Crippen LogP contribution in [0.2, 0.25) is 10.0 Å². The molecule has 2 N–H and O–H groups in total. The van der Waals surface area contributed by atoms with Crippen LogP contribution in [0.25, 0.3) is 0 Å². The second-order valence-electron chi connectivity index (χ2n) is 7.12. The van der Waals surface area contributed by atoms with Crippen LogP contribution in [0.15, 0.2) is 54.6 Å². The summed E-state index contributed by atoms with van der Waals surface area (Å²) in [5, 5.41) is 7.17. The first-order valence-electron chi connectivity index (χ1n) is 9.71. The molecule has 5 nitrogen and oxygen atoms in total. The molecule has 0 saturated carbocycles. The summed E-state index contributed by atoms with van der Waals surface area (Å²) in [5.74, 6) is 0.811. The summed E-state index contributed by atoms with van der Waals surface area (Å²) in [5.41, 5.74) is 4.69. The van der Waals surface area contributed by atoms with E-state index in [1.807, 2.05) is 50.2 Å². The second-order valence-corrected chi connectivity index (χ2v) is 7.94. The third-order valence-electron chi connectivity index (χ3n) is 4.67. The van der Waals surface area contributed by atoms with Gasteiger partial charge in [-0.05, 0) is 66.9 Å². The van der Waals surface area contributed by atoms with Crippen molar-refractivity contribution in [3.05, 3.63) is 81.3 Å². The van der Waals surface area contributed by atoms with Crippen LogP contribution in [0.1, 0.15) is 16.7 Å². The molecule has 3 aromatic carbocycles. The van der Waals surface area contributed by atoms with E-state index in [1.54, 1.807) is 25.3 Å². The van der Waals surface area contributed by atoms with E-state index in [4.69, 9.17) is 32.7 Å². The van der Waals surface area contributed by atoms with E-state index in [0.717, 1.165) is 28.1 Å². The number of anilines is 2. The van der Waals surface area contributed by atoms with Gasteiger partial charge in [-0.3, -0.25) is 4.79 Å². The largest absolute Gasteiger partial charge is 0.493 e. The smallest absolute Gasteiger partial charge is 0.262 e. The van der Waals surface area contributed by atoms with Crippen molar-refractivity contribution in [3.8, 4) is 11.5 Å². The van der Waals surface area contributed by atoms with Crippen LogP contribution in [0, 0.1) is 13.8 Å². The summed E-state index contributed by atoms with van der Waals surface area (Å²) in [6.45, 7) is 4.37. The van der Waals surface area contributed by atoms with E-state index in [-0.39, 0.29) is 12.5 Å². The van der Waals surface area contributed by atoms with Gasteiger partial charge in [0.2, 0.25) is 0 Å². The lowest BCUT2D eigenvalue weighted by molar-refractivity contribution is -0.118. The van der Waals surface area contributed by atoms with E-state index in [9.17, 15) is 4.79 Å². The maximum atomic E-state index is 12.3. The molecule has 0 bridgehead atoms. The molecule has 31 heavy (non-hydrogen) atoms. The Morgan fingerprint density at radius 3 is 2.48 bits per heavy atom. The minimum absolute atomic E-state index is 0.120. The van der Waals surface area contributed by atoms with Crippen molar-refractivity contribution in [3.63, 3.8) is 0 Å². The average Bonchev–Trinajstić information content (AvgIpc) is 2.76. The minimum Gasteiger partial charge on any atom is -0.493 e. The highest BCUT2D eigenvalue weighted by atomic mass is 35.5. The van der Waals surface area contributed by atoms with Gasteiger partial charge in [-0.15, -0.1) is 0 Å². The number of halogens is 2. The van der Waals surface area contributed by atoms with Gasteiger partial charge >= 0.3 is 0 Å². The predicted molar refractivity (Wildman–Crippen MR) is 127 cm³/mol. The molecule has 1 amide bonds. The number of hydrogen-bond donors (Lipinski definition) is 2. The molecule has 0 aliphatic rings. The van der Waals surface area contributed by atoms with Gasteiger partial charge in [-0.2, -0.15) is 0 Å². The van der Waals surface area contributed by atoms with Crippen LogP contribution in [-0.2, 0) is 11.3 Å². The van der Waals surface area contributed by atoms with Crippen LogP contribution in [0.4, 0.5) is 11.4 Å². The third kappa shape index (κ3) is 6.29. The highest BCUT2D eigenvalue weighted by molar-refractivity contribution is 6.42. The molecule has 3 aromatic rings. The maximum Gasteiger partial charge on any atom is 0.262 e. The molecule has 0 atom stereocenters. The molecule has 0 heterocycles. The fourth-order valence-electron chi connectivity index (χ4n) is 2.95. The first kappa shape index (κ1) is 22.8. The molecular weight excluding hydrogens is 435 g/mol. The van der Waals surface area contributed by atoms with Crippen molar-refractivity contribution < 1.29 is 14.3 Å². The fourth-order valence-corrected chi connectivity index (χ4v) is 3.25. The van der Waals surface area contributed by atoms with E-state index in [2.05, 4.69) is 10.6 Å². The molecule has 0 spiro atoms. The van der Waals surface area contributed by atoms with Crippen LogP contribution in [-0.4, -0.2) is 19.6 Å². The van der Waals surface area contributed by atoms with Crippen molar-refractivity contribution in [2.24, 2.45) is 0 Å². The molecule has 3 rings (SSSR count). The number of carbonyl (C=O) groups excluding carboxylic acids is 1. The van der Waals surface area contributed by atoms with E-state index < -0.39 is 0 Å². The van der Waals surface area contributed by atoms with Crippen molar-refractivity contribution in [2.75, 3.05) is 24.4 Å². The summed E-state index contributed by atoms with van der Waals surface area (Å²) in [6, 6.07) is 16.8. The summed E-state index contributed by atoms with van der Waals surface area (Å²) in [4.78, 5) is 12.3. The molecule has 162 valence electrons. The number of methoxy groups -OCH3 is 1. The van der Waals surface area contributed by atoms with Gasteiger partial charge in [0.05, 0.1) is 17.2 Å². The standard InChI is InChI=1S/C24H24Cl2N2O3/c1-15-4-5-16(2)21(10-15)28-24(29)14-31-22-9-6-17(11-23(22)30-3)13-27-18-7-8-19(25)20(26)12-18/h4-12,27H,13-14H2,1-3H3,(H,28,29).